The number of nitrogens with two attached hydrogens (primary N) is 1. The lowest BCUT2D eigenvalue weighted by Crippen LogP contribution is -2.11. The predicted octanol–water partition coefficient (Wildman–Crippen LogP) is 1.53. The topological polar surface area (TPSA) is 85.3 Å². The number of hydrogen-bond acceptors (Lipinski definition) is 5. The first kappa shape index (κ1) is 12.7. The molecular formula is C10H8F2N2O3. The molecule has 1 rings (SSSR count). The number of benzene rings is 1. The van der Waals surface area contributed by atoms with E-state index in [1.165, 1.54) is 0 Å². The lowest BCUT2D eigenvalue weighted by atomic mass is 10.1. The molecule has 90 valence electrons. The van der Waals surface area contributed by atoms with Crippen molar-refractivity contribution in [2.75, 3.05) is 12.8 Å². The number of hydrogen-bond donors (Lipinski definition) is 1. The third kappa shape index (κ3) is 2.60. The molecule has 0 heterocycles. The molecule has 0 aliphatic carbocycles. The molecule has 0 spiro atoms. The molecule has 0 bridgehead atoms. The van der Waals surface area contributed by atoms with Crippen LogP contribution in [0.4, 0.5) is 14.5 Å². The molecule has 0 aliphatic heterocycles. The molecule has 0 aromatic heterocycles. The molecular weight excluding hydrogens is 234 g/mol. The molecule has 0 amide bonds. The largest absolute Gasteiger partial charge is 0.465 e. The number of nitriles is 1. The van der Waals surface area contributed by atoms with Gasteiger partial charge in [0.1, 0.15) is 17.4 Å². The van der Waals surface area contributed by atoms with Gasteiger partial charge in [-0.05, 0) is 12.1 Å². The summed E-state index contributed by atoms with van der Waals surface area (Å²) in [4.78, 5) is 11.4. The van der Waals surface area contributed by atoms with Crippen molar-refractivity contribution in [3.8, 4) is 11.8 Å². The van der Waals surface area contributed by atoms with Crippen LogP contribution in [0.3, 0.4) is 0 Å². The third-order valence-corrected chi connectivity index (χ3v) is 1.93. The van der Waals surface area contributed by atoms with E-state index in [1.54, 1.807) is 6.07 Å². The van der Waals surface area contributed by atoms with E-state index in [0.29, 0.717) is 0 Å². The van der Waals surface area contributed by atoms with E-state index < -0.39 is 12.6 Å². The quantitative estimate of drug-likeness (QED) is 0.641. The molecule has 1 aromatic carbocycles. The van der Waals surface area contributed by atoms with Gasteiger partial charge < -0.3 is 15.2 Å². The predicted molar refractivity (Wildman–Crippen MR) is 53.5 cm³/mol. The molecule has 5 nitrogen and oxygen atoms in total. The Hall–Kier alpha value is -2.36. The Morgan fingerprint density at radius 2 is 2.18 bits per heavy atom. The maximum absolute atomic E-state index is 12.0. The Morgan fingerprint density at radius 3 is 2.65 bits per heavy atom. The van der Waals surface area contributed by atoms with Crippen molar-refractivity contribution in [1.82, 2.24) is 0 Å². The van der Waals surface area contributed by atoms with Gasteiger partial charge in [0.2, 0.25) is 0 Å². The Bertz CT molecular complexity index is 483. The summed E-state index contributed by atoms with van der Waals surface area (Å²) in [5.74, 6) is -1.27. The fourth-order valence-corrected chi connectivity index (χ4v) is 1.21. The summed E-state index contributed by atoms with van der Waals surface area (Å²) in [7, 11) is 1.09. The van der Waals surface area contributed by atoms with Gasteiger partial charge in [0.25, 0.3) is 0 Å². The van der Waals surface area contributed by atoms with Crippen molar-refractivity contribution < 1.29 is 23.0 Å². The number of alkyl halides is 2. The van der Waals surface area contributed by atoms with Crippen molar-refractivity contribution in [1.29, 1.82) is 5.26 Å². The maximum Gasteiger partial charge on any atom is 0.387 e. The highest BCUT2D eigenvalue weighted by atomic mass is 19.3. The summed E-state index contributed by atoms with van der Waals surface area (Å²) in [6.07, 6.45) is 0. The van der Waals surface area contributed by atoms with Gasteiger partial charge in [0.05, 0.1) is 18.4 Å². The summed E-state index contributed by atoms with van der Waals surface area (Å²) < 4.78 is 32.6. The van der Waals surface area contributed by atoms with Gasteiger partial charge in [-0.3, -0.25) is 0 Å². The number of nitrogen functional groups attached to an aromatic ring is 1. The summed E-state index contributed by atoms with van der Waals surface area (Å²) in [6, 6.07) is 3.95. The normalized spacial score (nSPS) is 9.82. The van der Waals surface area contributed by atoms with E-state index in [-0.39, 0.29) is 22.6 Å². The monoisotopic (exact) mass is 242 g/mol. The minimum Gasteiger partial charge on any atom is -0.465 e. The second-order valence-electron chi connectivity index (χ2n) is 2.88. The van der Waals surface area contributed by atoms with Crippen LogP contribution in [-0.2, 0) is 4.74 Å². The van der Waals surface area contributed by atoms with Crippen molar-refractivity contribution in [2.24, 2.45) is 0 Å². The average Bonchev–Trinajstić information content (AvgIpc) is 2.30. The molecule has 0 saturated carbocycles. The van der Waals surface area contributed by atoms with E-state index in [0.717, 1.165) is 19.2 Å². The van der Waals surface area contributed by atoms with Gasteiger partial charge in [0.15, 0.2) is 0 Å². The average molecular weight is 242 g/mol. The van der Waals surface area contributed by atoms with Crippen molar-refractivity contribution in [2.45, 2.75) is 6.61 Å². The van der Waals surface area contributed by atoms with Crippen LogP contribution in [0, 0.1) is 11.3 Å². The van der Waals surface area contributed by atoms with Crippen LogP contribution in [0.15, 0.2) is 12.1 Å². The third-order valence-electron chi connectivity index (χ3n) is 1.93. The number of carbonyl (C=O) groups is 1. The maximum atomic E-state index is 12.0. The fraction of sp³-hybridized carbons (Fsp3) is 0.200. The van der Waals surface area contributed by atoms with Crippen LogP contribution in [-0.4, -0.2) is 19.7 Å². The zero-order valence-corrected chi connectivity index (χ0v) is 8.74. The van der Waals surface area contributed by atoms with Crippen LogP contribution in [0.2, 0.25) is 0 Å². The van der Waals surface area contributed by atoms with Crippen molar-refractivity contribution in [3.05, 3.63) is 23.3 Å². The molecule has 0 atom stereocenters. The van der Waals surface area contributed by atoms with Crippen LogP contribution >= 0.6 is 0 Å². The van der Waals surface area contributed by atoms with Crippen molar-refractivity contribution in [3.63, 3.8) is 0 Å². The van der Waals surface area contributed by atoms with Crippen LogP contribution < -0.4 is 10.5 Å². The van der Waals surface area contributed by atoms with E-state index in [9.17, 15) is 13.6 Å². The van der Waals surface area contributed by atoms with E-state index in [4.69, 9.17) is 11.0 Å². The first-order valence-corrected chi connectivity index (χ1v) is 4.37. The summed E-state index contributed by atoms with van der Waals surface area (Å²) in [5.41, 5.74) is 4.77. The molecule has 0 radical (unpaired) electrons. The smallest absolute Gasteiger partial charge is 0.387 e. The van der Waals surface area contributed by atoms with Crippen LogP contribution in [0.25, 0.3) is 0 Å². The second kappa shape index (κ2) is 5.12. The summed E-state index contributed by atoms with van der Waals surface area (Å²) in [5, 5.41) is 8.76. The van der Waals surface area contributed by atoms with Gasteiger partial charge in [-0.15, -0.1) is 0 Å². The zero-order chi connectivity index (χ0) is 13.0. The number of rotatable bonds is 3. The molecule has 1 aromatic rings. The van der Waals surface area contributed by atoms with Gasteiger partial charge >= 0.3 is 12.6 Å². The molecule has 0 unspecified atom stereocenters. The highest BCUT2D eigenvalue weighted by Gasteiger charge is 2.20. The minimum atomic E-state index is -3.07. The van der Waals surface area contributed by atoms with E-state index in [2.05, 4.69) is 9.47 Å². The number of nitrogens with zero attached hydrogens (tertiary/aromatic N) is 1. The highest BCUT2D eigenvalue weighted by molar-refractivity contribution is 5.99. The molecule has 0 aliphatic rings. The van der Waals surface area contributed by atoms with Crippen molar-refractivity contribution >= 4 is 11.7 Å². The highest BCUT2D eigenvalue weighted by Crippen LogP contribution is 2.29. The lowest BCUT2D eigenvalue weighted by Gasteiger charge is -2.11. The molecule has 0 saturated heterocycles. The number of esters is 1. The SMILES string of the molecule is COC(=O)c1c(C#N)ccc(OC(F)F)c1N. The minimum absolute atomic E-state index is 0.0732. The Balaban J connectivity index is 3.33. The Labute approximate surface area is 95.3 Å². The van der Waals surface area contributed by atoms with Gasteiger partial charge in [-0.2, -0.15) is 14.0 Å². The van der Waals surface area contributed by atoms with Gasteiger partial charge in [-0.25, -0.2) is 4.79 Å². The zero-order valence-electron chi connectivity index (χ0n) is 8.74. The first-order chi connectivity index (χ1) is 8.01. The van der Waals surface area contributed by atoms with Crippen LogP contribution in [0.5, 0.6) is 5.75 Å². The molecule has 7 heteroatoms. The van der Waals surface area contributed by atoms with E-state index >= 15 is 0 Å². The van der Waals surface area contributed by atoms with Crippen LogP contribution in [0.1, 0.15) is 15.9 Å². The number of anilines is 1. The van der Waals surface area contributed by atoms with E-state index in [1.807, 2.05) is 0 Å². The molecule has 17 heavy (non-hydrogen) atoms. The fourth-order valence-electron chi connectivity index (χ4n) is 1.21. The molecule has 2 N–H and O–H groups in total. The Kier molecular flexibility index (Phi) is 3.82. The van der Waals surface area contributed by atoms with Gasteiger partial charge in [0, 0.05) is 0 Å². The number of carbonyl (C=O) groups excluding carboxylic acids is 1. The Morgan fingerprint density at radius 1 is 1.53 bits per heavy atom. The molecule has 0 fully saturated rings. The summed E-state index contributed by atoms with van der Waals surface area (Å²) >= 11 is 0. The lowest BCUT2D eigenvalue weighted by molar-refractivity contribution is -0.0494. The number of methoxy groups -OCH3 is 1. The first-order valence-electron chi connectivity index (χ1n) is 4.37. The summed E-state index contributed by atoms with van der Waals surface area (Å²) in [6.45, 7) is -3.07. The second-order valence-corrected chi connectivity index (χ2v) is 2.88. The van der Waals surface area contributed by atoms with Gasteiger partial charge in [-0.1, -0.05) is 0 Å². The standard InChI is InChI=1S/C10H8F2N2O3/c1-16-9(15)7-5(4-13)2-3-6(8(7)14)17-10(11)12/h2-3,10H,14H2,1H3. The number of ether oxygens (including phenoxy) is 2. The number of halogens is 2.